The molecule has 0 bridgehead atoms. The summed E-state index contributed by atoms with van der Waals surface area (Å²) in [6.07, 6.45) is 0.0108. The molecule has 1 N–H and O–H groups in total. The van der Waals surface area contributed by atoms with Crippen molar-refractivity contribution >= 4 is 22.6 Å². The van der Waals surface area contributed by atoms with E-state index in [2.05, 4.69) is 10.1 Å². The number of hydrogen-bond acceptors (Lipinski definition) is 3. The number of rotatable bonds is 6. The number of ether oxygens (including phenoxy) is 1. The fourth-order valence-corrected chi connectivity index (χ4v) is 2.77. The standard InChI is InChI=1S/C18H17F2N3O3/c1-22-13-7-3-4-8-14(13)23(18(22)25)11-10-16(24)21-12-6-2-5-9-15(12)26-17(19)20/h2-9,17H,10-11H2,1H3,(H,21,24). The van der Waals surface area contributed by atoms with E-state index in [1.165, 1.54) is 27.3 Å². The first-order valence-corrected chi connectivity index (χ1v) is 7.95. The minimum Gasteiger partial charge on any atom is -0.433 e. The van der Waals surface area contributed by atoms with E-state index in [0.717, 1.165) is 11.0 Å². The summed E-state index contributed by atoms with van der Waals surface area (Å²) in [4.78, 5) is 24.5. The summed E-state index contributed by atoms with van der Waals surface area (Å²) in [6.45, 7) is -2.81. The summed E-state index contributed by atoms with van der Waals surface area (Å²) in [5, 5.41) is 2.54. The first kappa shape index (κ1) is 17.7. The van der Waals surface area contributed by atoms with E-state index in [-0.39, 0.29) is 30.1 Å². The molecule has 136 valence electrons. The number of nitrogens with one attached hydrogen (secondary N) is 1. The Labute approximate surface area is 147 Å². The van der Waals surface area contributed by atoms with Crippen LogP contribution in [0.3, 0.4) is 0 Å². The normalized spacial score (nSPS) is 11.1. The number of anilines is 1. The Balaban J connectivity index is 1.73. The van der Waals surface area contributed by atoms with Crippen LogP contribution in [-0.4, -0.2) is 21.7 Å². The highest BCUT2D eigenvalue weighted by atomic mass is 19.3. The second kappa shape index (κ2) is 7.38. The van der Waals surface area contributed by atoms with Crippen LogP contribution in [0.15, 0.2) is 53.3 Å². The number of carbonyl (C=O) groups is 1. The molecule has 0 aliphatic heterocycles. The highest BCUT2D eigenvalue weighted by Crippen LogP contribution is 2.25. The van der Waals surface area contributed by atoms with Crippen molar-refractivity contribution in [1.29, 1.82) is 0 Å². The molecular formula is C18H17F2N3O3. The first-order valence-electron chi connectivity index (χ1n) is 7.95. The molecule has 0 aliphatic rings. The molecule has 1 aromatic heterocycles. The van der Waals surface area contributed by atoms with Gasteiger partial charge in [0.2, 0.25) is 5.91 Å². The van der Waals surface area contributed by atoms with Crippen molar-refractivity contribution < 1.29 is 18.3 Å². The number of para-hydroxylation sites is 4. The van der Waals surface area contributed by atoms with Crippen molar-refractivity contribution in [3.05, 3.63) is 59.0 Å². The predicted octanol–water partition coefficient (Wildman–Crippen LogP) is 2.97. The Bertz CT molecular complexity index is 995. The topological polar surface area (TPSA) is 65.3 Å². The van der Waals surface area contributed by atoms with Crippen LogP contribution in [0, 0.1) is 0 Å². The van der Waals surface area contributed by atoms with Gasteiger partial charge in [-0.15, -0.1) is 0 Å². The molecule has 0 fully saturated rings. The fraction of sp³-hybridized carbons (Fsp3) is 0.222. The van der Waals surface area contributed by atoms with Gasteiger partial charge in [0, 0.05) is 20.0 Å². The van der Waals surface area contributed by atoms with Crippen molar-refractivity contribution in [2.45, 2.75) is 19.6 Å². The third-order valence-corrected chi connectivity index (χ3v) is 3.99. The van der Waals surface area contributed by atoms with Gasteiger partial charge in [-0.2, -0.15) is 8.78 Å². The van der Waals surface area contributed by atoms with E-state index in [1.54, 1.807) is 19.2 Å². The van der Waals surface area contributed by atoms with Gasteiger partial charge in [-0.05, 0) is 24.3 Å². The van der Waals surface area contributed by atoms with Gasteiger partial charge in [-0.3, -0.25) is 13.9 Å². The van der Waals surface area contributed by atoms with Crippen molar-refractivity contribution in [3.8, 4) is 5.75 Å². The zero-order chi connectivity index (χ0) is 18.7. The lowest BCUT2D eigenvalue weighted by atomic mass is 10.2. The number of benzene rings is 2. The number of aryl methyl sites for hydroxylation is 2. The first-order chi connectivity index (χ1) is 12.5. The number of amides is 1. The minimum absolute atomic E-state index is 0.0108. The number of fused-ring (bicyclic) bond motifs is 1. The third kappa shape index (κ3) is 3.58. The van der Waals surface area contributed by atoms with Gasteiger partial charge < -0.3 is 10.1 Å². The van der Waals surface area contributed by atoms with E-state index in [9.17, 15) is 18.4 Å². The fourth-order valence-electron chi connectivity index (χ4n) is 2.77. The molecule has 6 nitrogen and oxygen atoms in total. The molecule has 0 unspecified atom stereocenters. The number of aromatic nitrogens is 2. The van der Waals surface area contributed by atoms with Crippen LogP contribution in [0.2, 0.25) is 0 Å². The maximum Gasteiger partial charge on any atom is 0.387 e. The molecule has 0 saturated carbocycles. The van der Waals surface area contributed by atoms with E-state index >= 15 is 0 Å². The Morgan fingerprint density at radius 2 is 1.77 bits per heavy atom. The molecule has 1 amide bonds. The van der Waals surface area contributed by atoms with Crippen LogP contribution in [0.5, 0.6) is 5.75 Å². The summed E-state index contributed by atoms with van der Waals surface area (Å²) in [5.74, 6) is -0.520. The van der Waals surface area contributed by atoms with E-state index in [1.807, 2.05) is 18.2 Å². The summed E-state index contributed by atoms with van der Waals surface area (Å²) < 4.78 is 32.3. The van der Waals surface area contributed by atoms with Crippen LogP contribution in [0.25, 0.3) is 11.0 Å². The van der Waals surface area contributed by atoms with Crippen molar-refractivity contribution in [2.75, 3.05) is 5.32 Å². The number of nitrogens with zero attached hydrogens (tertiary/aromatic N) is 2. The Hall–Kier alpha value is -3.16. The van der Waals surface area contributed by atoms with Gasteiger partial charge in [0.05, 0.1) is 16.7 Å². The molecule has 0 radical (unpaired) electrons. The third-order valence-electron chi connectivity index (χ3n) is 3.99. The van der Waals surface area contributed by atoms with Gasteiger partial charge in [0.1, 0.15) is 5.75 Å². The van der Waals surface area contributed by atoms with Crippen molar-refractivity contribution in [1.82, 2.24) is 9.13 Å². The van der Waals surface area contributed by atoms with E-state index in [4.69, 9.17) is 0 Å². The molecule has 3 aromatic rings. The lowest BCUT2D eigenvalue weighted by Crippen LogP contribution is -2.24. The number of alkyl halides is 2. The van der Waals surface area contributed by atoms with Crippen LogP contribution in [0.1, 0.15) is 6.42 Å². The second-order valence-corrected chi connectivity index (χ2v) is 5.65. The zero-order valence-corrected chi connectivity index (χ0v) is 14.0. The average Bonchev–Trinajstić information content (AvgIpc) is 2.86. The molecule has 8 heteroatoms. The highest BCUT2D eigenvalue weighted by Gasteiger charge is 2.14. The second-order valence-electron chi connectivity index (χ2n) is 5.65. The number of halogens is 2. The van der Waals surface area contributed by atoms with Gasteiger partial charge >= 0.3 is 12.3 Å². The number of carbonyl (C=O) groups excluding carboxylic acids is 1. The SMILES string of the molecule is Cn1c(=O)n(CCC(=O)Nc2ccccc2OC(F)F)c2ccccc21. The van der Waals surface area contributed by atoms with Gasteiger partial charge in [-0.1, -0.05) is 24.3 Å². The average molecular weight is 361 g/mol. The highest BCUT2D eigenvalue weighted by molar-refractivity contribution is 5.92. The molecule has 26 heavy (non-hydrogen) atoms. The molecule has 0 spiro atoms. The minimum atomic E-state index is -2.98. The number of hydrogen-bond donors (Lipinski definition) is 1. The van der Waals surface area contributed by atoms with E-state index < -0.39 is 12.5 Å². The van der Waals surface area contributed by atoms with Gasteiger partial charge in [0.15, 0.2) is 0 Å². The molecule has 0 atom stereocenters. The predicted molar refractivity (Wildman–Crippen MR) is 93.5 cm³/mol. The molecular weight excluding hydrogens is 344 g/mol. The molecule has 3 rings (SSSR count). The quantitative estimate of drug-likeness (QED) is 0.734. The smallest absolute Gasteiger partial charge is 0.387 e. The van der Waals surface area contributed by atoms with Crippen LogP contribution < -0.4 is 15.7 Å². The Morgan fingerprint density at radius 3 is 2.50 bits per heavy atom. The summed E-state index contributed by atoms with van der Waals surface area (Å²) in [5.41, 5.74) is 1.44. The maximum absolute atomic E-state index is 12.4. The molecule has 2 aromatic carbocycles. The van der Waals surface area contributed by atoms with Crippen molar-refractivity contribution in [3.63, 3.8) is 0 Å². The zero-order valence-electron chi connectivity index (χ0n) is 14.0. The van der Waals surface area contributed by atoms with Crippen LogP contribution >= 0.6 is 0 Å². The largest absolute Gasteiger partial charge is 0.433 e. The lowest BCUT2D eigenvalue weighted by molar-refractivity contribution is -0.116. The number of imidazole rings is 1. The Morgan fingerprint density at radius 1 is 1.12 bits per heavy atom. The molecule has 1 heterocycles. The monoisotopic (exact) mass is 361 g/mol. The molecule has 0 aliphatic carbocycles. The van der Waals surface area contributed by atoms with Gasteiger partial charge in [0.25, 0.3) is 0 Å². The summed E-state index contributed by atoms with van der Waals surface area (Å²) in [6, 6.07) is 13.2. The summed E-state index contributed by atoms with van der Waals surface area (Å²) in [7, 11) is 1.67. The van der Waals surface area contributed by atoms with E-state index in [0.29, 0.717) is 0 Å². The van der Waals surface area contributed by atoms with Gasteiger partial charge in [-0.25, -0.2) is 4.79 Å². The Kier molecular flexibility index (Phi) is 5.01. The summed E-state index contributed by atoms with van der Waals surface area (Å²) >= 11 is 0. The molecule has 0 saturated heterocycles. The lowest BCUT2D eigenvalue weighted by Gasteiger charge is -2.11. The van der Waals surface area contributed by atoms with Crippen LogP contribution in [0.4, 0.5) is 14.5 Å². The van der Waals surface area contributed by atoms with Crippen molar-refractivity contribution in [2.24, 2.45) is 7.05 Å². The maximum atomic E-state index is 12.4. The van der Waals surface area contributed by atoms with Crippen LogP contribution in [-0.2, 0) is 18.4 Å².